The first-order valence-corrected chi connectivity index (χ1v) is 8.59. The van der Waals surface area contributed by atoms with E-state index in [1.54, 1.807) is 4.90 Å². The van der Waals surface area contributed by atoms with Gasteiger partial charge >= 0.3 is 6.03 Å². The predicted octanol–water partition coefficient (Wildman–Crippen LogP) is 2.52. The fourth-order valence-electron chi connectivity index (χ4n) is 2.53. The molecule has 1 aliphatic rings. The average molecular weight is 314 g/mol. The van der Waals surface area contributed by atoms with Crippen LogP contribution >= 0.6 is 0 Å². The second kappa shape index (κ2) is 6.75. The number of nitrogens with one attached hydrogen (secondary N) is 1. The Labute approximate surface area is 132 Å². The second-order valence-corrected chi connectivity index (χ2v) is 6.79. The van der Waals surface area contributed by atoms with E-state index in [9.17, 15) is 9.00 Å². The summed E-state index contributed by atoms with van der Waals surface area (Å²) in [5, 5.41) is 2.85. The minimum absolute atomic E-state index is 0.0961. The number of hydrogen-bond acceptors (Lipinski definition) is 2. The van der Waals surface area contributed by atoms with Crippen LogP contribution in [-0.2, 0) is 23.9 Å². The van der Waals surface area contributed by atoms with Gasteiger partial charge in [-0.3, -0.25) is 4.21 Å². The van der Waals surface area contributed by atoms with Crippen molar-refractivity contribution in [2.45, 2.75) is 18.0 Å². The van der Waals surface area contributed by atoms with E-state index < -0.39 is 10.8 Å². The van der Waals surface area contributed by atoms with Crippen molar-refractivity contribution in [3.63, 3.8) is 0 Å². The molecule has 1 N–H and O–H groups in total. The van der Waals surface area contributed by atoms with E-state index >= 15 is 0 Å². The number of urea groups is 1. The Hall–Kier alpha value is -2.14. The normalized spacial score (nSPS) is 14.5. The smallest absolute Gasteiger partial charge is 0.318 e. The van der Waals surface area contributed by atoms with Gasteiger partial charge in [-0.2, -0.15) is 0 Å². The highest BCUT2D eigenvalue weighted by molar-refractivity contribution is 7.85. The van der Waals surface area contributed by atoms with Crippen molar-refractivity contribution in [1.82, 2.24) is 10.2 Å². The first-order valence-electron chi connectivity index (χ1n) is 7.27. The van der Waals surface area contributed by atoms with Crippen molar-refractivity contribution in [2.24, 2.45) is 0 Å². The molecule has 0 saturated heterocycles. The third-order valence-electron chi connectivity index (χ3n) is 3.70. The molecule has 0 aromatic heterocycles. The summed E-state index contributed by atoms with van der Waals surface area (Å²) in [6.45, 7) is 1.70. The number of nitrogens with zero attached hydrogens (tertiary/aromatic N) is 1. The van der Waals surface area contributed by atoms with Crippen LogP contribution in [0.5, 0.6) is 0 Å². The molecule has 114 valence electrons. The third-order valence-corrected chi connectivity index (χ3v) is 5.07. The molecule has 22 heavy (non-hydrogen) atoms. The van der Waals surface area contributed by atoms with Crippen LogP contribution in [0, 0.1) is 0 Å². The van der Waals surface area contributed by atoms with Crippen LogP contribution in [0.1, 0.15) is 11.1 Å². The summed E-state index contributed by atoms with van der Waals surface area (Å²) in [6.07, 6.45) is 0. The Bertz CT molecular complexity index is 663. The average Bonchev–Trinajstić information content (AvgIpc) is 2.99. The lowest BCUT2D eigenvalue weighted by molar-refractivity contribution is 0.199. The summed E-state index contributed by atoms with van der Waals surface area (Å²) in [5.41, 5.74) is 2.40. The van der Waals surface area contributed by atoms with E-state index in [1.165, 1.54) is 11.1 Å². The van der Waals surface area contributed by atoms with E-state index in [0.717, 1.165) is 4.90 Å². The van der Waals surface area contributed by atoms with Crippen molar-refractivity contribution < 1.29 is 9.00 Å². The van der Waals surface area contributed by atoms with Gasteiger partial charge in [0.2, 0.25) is 0 Å². The Morgan fingerprint density at radius 2 is 1.59 bits per heavy atom. The number of carbonyl (C=O) groups excluding carboxylic acids is 1. The Morgan fingerprint density at radius 3 is 2.23 bits per heavy atom. The molecule has 4 nitrogen and oxygen atoms in total. The Morgan fingerprint density at radius 1 is 1.00 bits per heavy atom. The maximum atomic E-state index is 12.1. The van der Waals surface area contributed by atoms with Gasteiger partial charge in [0.1, 0.15) is 0 Å². The van der Waals surface area contributed by atoms with Crippen LogP contribution in [0.3, 0.4) is 0 Å². The summed E-state index contributed by atoms with van der Waals surface area (Å²) < 4.78 is 12.1. The molecule has 0 spiro atoms. The molecule has 1 heterocycles. The zero-order valence-corrected chi connectivity index (χ0v) is 13.0. The lowest BCUT2D eigenvalue weighted by Crippen LogP contribution is -2.38. The third kappa shape index (κ3) is 3.36. The first kappa shape index (κ1) is 14.8. The van der Waals surface area contributed by atoms with Crippen LogP contribution in [0.15, 0.2) is 59.5 Å². The quantitative estimate of drug-likeness (QED) is 0.943. The predicted molar refractivity (Wildman–Crippen MR) is 86.8 cm³/mol. The van der Waals surface area contributed by atoms with E-state index in [1.807, 2.05) is 54.6 Å². The zero-order valence-electron chi connectivity index (χ0n) is 12.2. The lowest BCUT2D eigenvalue weighted by Gasteiger charge is -2.16. The van der Waals surface area contributed by atoms with Crippen LogP contribution in [0.4, 0.5) is 4.79 Å². The highest BCUT2D eigenvalue weighted by atomic mass is 32.2. The zero-order chi connectivity index (χ0) is 15.4. The summed E-state index contributed by atoms with van der Waals surface area (Å²) in [6, 6.07) is 17.3. The van der Waals surface area contributed by atoms with Crippen molar-refractivity contribution in [3.8, 4) is 0 Å². The van der Waals surface area contributed by atoms with Gasteiger partial charge in [-0.05, 0) is 23.3 Å². The summed E-state index contributed by atoms with van der Waals surface area (Å²) >= 11 is 0. The van der Waals surface area contributed by atoms with Gasteiger partial charge in [0.15, 0.2) is 0 Å². The highest BCUT2D eigenvalue weighted by Gasteiger charge is 2.22. The van der Waals surface area contributed by atoms with E-state index in [0.29, 0.717) is 25.4 Å². The number of fused-ring (bicyclic) bond motifs is 1. The van der Waals surface area contributed by atoms with Crippen molar-refractivity contribution >= 4 is 16.8 Å². The molecule has 2 aromatic carbocycles. The maximum absolute atomic E-state index is 12.1. The number of rotatable bonds is 4. The SMILES string of the molecule is O=C(NCC[S@@](=O)c1ccccc1)N1Cc2ccccc2C1. The standard InChI is InChI=1S/C17H18N2O2S/c20-17(19-12-14-6-4-5-7-15(14)13-19)18-10-11-22(21)16-8-2-1-3-9-16/h1-9H,10-13H2,(H,18,20)/t22-/m1/s1. The molecule has 5 heteroatoms. The minimum atomic E-state index is -1.07. The molecule has 2 aromatic rings. The van der Waals surface area contributed by atoms with Crippen LogP contribution in [-0.4, -0.2) is 27.4 Å². The summed E-state index contributed by atoms with van der Waals surface area (Å²) in [7, 11) is -1.07. The maximum Gasteiger partial charge on any atom is 0.318 e. The minimum Gasteiger partial charge on any atom is -0.337 e. The van der Waals surface area contributed by atoms with E-state index in [4.69, 9.17) is 0 Å². The van der Waals surface area contributed by atoms with Gasteiger partial charge in [-0.1, -0.05) is 42.5 Å². The first-order chi connectivity index (χ1) is 10.7. The molecule has 0 bridgehead atoms. The molecule has 0 radical (unpaired) electrons. The molecule has 1 atom stereocenters. The van der Waals surface area contributed by atoms with Crippen LogP contribution in [0.2, 0.25) is 0 Å². The lowest BCUT2D eigenvalue weighted by atomic mass is 10.1. The van der Waals surface area contributed by atoms with Crippen molar-refractivity contribution in [3.05, 3.63) is 65.7 Å². The fourth-order valence-corrected chi connectivity index (χ4v) is 3.51. The molecule has 0 fully saturated rings. The van der Waals surface area contributed by atoms with Gasteiger partial charge < -0.3 is 10.2 Å². The monoisotopic (exact) mass is 314 g/mol. The molecule has 0 aliphatic carbocycles. The molecule has 0 saturated carbocycles. The van der Waals surface area contributed by atoms with Crippen molar-refractivity contribution in [1.29, 1.82) is 0 Å². The molecule has 2 amide bonds. The summed E-state index contributed by atoms with van der Waals surface area (Å²) in [5.74, 6) is 0.427. The van der Waals surface area contributed by atoms with Crippen LogP contribution in [0.25, 0.3) is 0 Å². The number of carbonyl (C=O) groups is 1. The molecular weight excluding hydrogens is 296 g/mol. The van der Waals surface area contributed by atoms with E-state index in [-0.39, 0.29) is 6.03 Å². The van der Waals surface area contributed by atoms with Crippen LogP contribution < -0.4 is 5.32 Å². The molecule has 0 unspecified atom stereocenters. The Kier molecular flexibility index (Phi) is 4.53. The highest BCUT2D eigenvalue weighted by Crippen LogP contribution is 2.21. The molecular formula is C17H18N2O2S. The van der Waals surface area contributed by atoms with Gasteiger partial charge in [-0.15, -0.1) is 0 Å². The van der Waals surface area contributed by atoms with Crippen molar-refractivity contribution in [2.75, 3.05) is 12.3 Å². The number of amides is 2. The van der Waals surface area contributed by atoms with Gasteiger partial charge in [0.05, 0.1) is 10.8 Å². The largest absolute Gasteiger partial charge is 0.337 e. The summed E-state index contributed by atoms with van der Waals surface area (Å²) in [4.78, 5) is 14.7. The van der Waals surface area contributed by atoms with E-state index in [2.05, 4.69) is 5.32 Å². The topological polar surface area (TPSA) is 49.4 Å². The second-order valence-electron chi connectivity index (χ2n) is 5.22. The Balaban J connectivity index is 1.47. The number of benzene rings is 2. The molecule has 3 rings (SSSR count). The fraction of sp³-hybridized carbons (Fsp3) is 0.235. The van der Waals surface area contributed by atoms with Gasteiger partial charge in [-0.25, -0.2) is 4.79 Å². The van der Waals surface area contributed by atoms with Gasteiger partial charge in [0, 0.05) is 30.3 Å². The molecule has 1 aliphatic heterocycles. The number of hydrogen-bond donors (Lipinski definition) is 1. The van der Waals surface area contributed by atoms with Gasteiger partial charge in [0.25, 0.3) is 0 Å².